The van der Waals surface area contributed by atoms with Gasteiger partial charge in [0.2, 0.25) is 0 Å². The molecule has 0 radical (unpaired) electrons. The average Bonchev–Trinajstić information content (AvgIpc) is 2.28. The number of hydrogen-bond acceptors (Lipinski definition) is 3. The van der Waals surface area contributed by atoms with Gasteiger partial charge in [0.25, 0.3) is 0 Å². The topological polar surface area (TPSA) is 48.1 Å². The zero-order chi connectivity index (χ0) is 12.1. The fourth-order valence-electron chi connectivity index (χ4n) is 1.82. The SMILES string of the molecule is COc1c(C)cnc(CCC(C)CN)c1C. The van der Waals surface area contributed by atoms with Crippen molar-refractivity contribution < 1.29 is 4.74 Å². The van der Waals surface area contributed by atoms with Crippen LogP contribution in [0.5, 0.6) is 5.75 Å². The maximum Gasteiger partial charge on any atom is 0.128 e. The van der Waals surface area contributed by atoms with Crippen LogP contribution in [0.1, 0.15) is 30.2 Å². The summed E-state index contributed by atoms with van der Waals surface area (Å²) in [6, 6.07) is 0. The molecule has 0 spiro atoms. The highest BCUT2D eigenvalue weighted by Crippen LogP contribution is 2.25. The Morgan fingerprint density at radius 2 is 2.12 bits per heavy atom. The summed E-state index contributed by atoms with van der Waals surface area (Å²) in [6.45, 7) is 7.00. The van der Waals surface area contributed by atoms with E-state index in [4.69, 9.17) is 10.5 Å². The maximum absolute atomic E-state index is 5.61. The van der Waals surface area contributed by atoms with Gasteiger partial charge >= 0.3 is 0 Å². The average molecular weight is 222 g/mol. The molecule has 0 aliphatic heterocycles. The lowest BCUT2D eigenvalue weighted by atomic mass is 10.0. The van der Waals surface area contributed by atoms with E-state index >= 15 is 0 Å². The molecular weight excluding hydrogens is 200 g/mol. The monoisotopic (exact) mass is 222 g/mol. The van der Waals surface area contributed by atoms with Crippen molar-refractivity contribution in [3.05, 3.63) is 23.0 Å². The molecule has 0 aromatic carbocycles. The number of aromatic nitrogens is 1. The zero-order valence-corrected chi connectivity index (χ0v) is 10.7. The van der Waals surface area contributed by atoms with E-state index in [-0.39, 0.29) is 0 Å². The molecule has 1 aromatic rings. The maximum atomic E-state index is 5.61. The molecule has 0 bridgehead atoms. The normalized spacial score (nSPS) is 12.6. The van der Waals surface area contributed by atoms with Gasteiger partial charge in [-0.1, -0.05) is 6.92 Å². The van der Waals surface area contributed by atoms with Gasteiger partial charge in [0.05, 0.1) is 7.11 Å². The summed E-state index contributed by atoms with van der Waals surface area (Å²) < 4.78 is 5.38. The van der Waals surface area contributed by atoms with Crippen LogP contribution in [0.15, 0.2) is 6.20 Å². The summed E-state index contributed by atoms with van der Waals surface area (Å²) in [5.41, 5.74) is 8.99. The molecule has 1 atom stereocenters. The molecule has 1 rings (SSSR count). The minimum atomic E-state index is 0.550. The standard InChI is InChI=1S/C13H22N2O/c1-9(7-14)5-6-12-11(3)13(16-4)10(2)8-15-12/h8-9H,5-7,14H2,1-4H3. The van der Waals surface area contributed by atoms with Gasteiger partial charge in [-0.25, -0.2) is 0 Å². The Labute approximate surface area is 98.0 Å². The minimum absolute atomic E-state index is 0.550. The summed E-state index contributed by atoms with van der Waals surface area (Å²) in [5, 5.41) is 0. The van der Waals surface area contributed by atoms with Crippen molar-refractivity contribution in [3.8, 4) is 5.75 Å². The van der Waals surface area contributed by atoms with Crippen LogP contribution in [0.4, 0.5) is 0 Å². The van der Waals surface area contributed by atoms with Crippen molar-refractivity contribution in [2.45, 2.75) is 33.6 Å². The van der Waals surface area contributed by atoms with Crippen LogP contribution in [-0.2, 0) is 6.42 Å². The molecule has 2 N–H and O–H groups in total. The first-order valence-electron chi connectivity index (χ1n) is 5.79. The highest BCUT2D eigenvalue weighted by molar-refractivity contribution is 5.41. The van der Waals surface area contributed by atoms with Crippen molar-refractivity contribution >= 4 is 0 Å². The number of methoxy groups -OCH3 is 1. The van der Waals surface area contributed by atoms with E-state index in [1.54, 1.807) is 7.11 Å². The molecule has 3 heteroatoms. The second-order valence-corrected chi connectivity index (χ2v) is 4.43. The van der Waals surface area contributed by atoms with Crippen molar-refractivity contribution in [1.82, 2.24) is 4.98 Å². The largest absolute Gasteiger partial charge is 0.496 e. The predicted octanol–water partition coefficient (Wildman–Crippen LogP) is 2.23. The van der Waals surface area contributed by atoms with Gasteiger partial charge in [-0.15, -0.1) is 0 Å². The summed E-state index contributed by atoms with van der Waals surface area (Å²) in [7, 11) is 1.71. The van der Waals surface area contributed by atoms with Gasteiger partial charge < -0.3 is 10.5 Å². The van der Waals surface area contributed by atoms with E-state index in [0.29, 0.717) is 5.92 Å². The number of pyridine rings is 1. The third kappa shape index (κ3) is 2.95. The van der Waals surface area contributed by atoms with Crippen LogP contribution in [0, 0.1) is 19.8 Å². The Kier molecular flexibility index (Phi) is 4.74. The van der Waals surface area contributed by atoms with E-state index in [0.717, 1.165) is 42.0 Å². The zero-order valence-electron chi connectivity index (χ0n) is 10.7. The van der Waals surface area contributed by atoms with Gasteiger partial charge in [0.1, 0.15) is 5.75 Å². The lowest BCUT2D eigenvalue weighted by Gasteiger charge is -2.13. The van der Waals surface area contributed by atoms with E-state index in [1.807, 2.05) is 13.1 Å². The summed E-state index contributed by atoms with van der Waals surface area (Å²) in [6.07, 6.45) is 3.94. The summed E-state index contributed by atoms with van der Waals surface area (Å²) in [5.74, 6) is 1.51. The van der Waals surface area contributed by atoms with Crippen LogP contribution >= 0.6 is 0 Å². The second-order valence-electron chi connectivity index (χ2n) is 4.43. The van der Waals surface area contributed by atoms with Crippen molar-refractivity contribution in [1.29, 1.82) is 0 Å². The number of aryl methyl sites for hydroxylation is 2. The molecule has 0 amide bonds. The minimum Gasteiger partial charge on any atom is -0.496 e. The van der Waals surface area contributed by atoms with Gasteiger partial charge in [0.15, 0.2) is 0 Å². The molecule has 0 fully saturated rings. The van der Waals surface area contributed by atoms with Crippen molar-refractivity contribution in [3.63, 3.8) is 0 Å². The molecule has 90 valence electrons. The van der Waals surface area contributed by atoms with E-state index < -0.39 is 0 Å². The Bertz CT molecular complexity index is 350. The molecule has 3 nitrogen and oxygen atoms in total. The first-order valence-corrected chi connectivity index (χ1v) is 5.79. The molecule has 1 unspecified atom stereocenters. The highest BCUT2D eigenvalue weighted by atomic mass is 16.5. The molecule has 16 heavy (non-hydrogen) atoms. The fourth-order valence-corrected chi connectivity index (χ4v) is 1.82. The van der Waals surface area contributed by atoms with Gasteiger partial charge in [0, 0.05) is 23.0 Å². The van der Waals surface area contributed by atoms with E-state index in [2.05, 4.69) is 18.8 Å². The van der Waals surface area contributed by atoms with E-state index in [1.165, 1.54) is 0 Å². The van der Waals surface area contributed by atoms with E-state index in [9.17, 15) is 0 Å². The summed E-state index contributed by atoms with van der Waals surface area (Å²) >= 11 is 0. The van der Waals surface area contributed by atoms with Gasteiger partial charge in [-0.3, -0.25) is 4.98 Å². The van der Waals surface area contributed by atoms with Crippen LogP contribution in [0.3, 0.4) is 0 Å². The number of nitrogens with zero attached hydrogens (tertiary/aromatic N) is 1. The van der Waals surface area contributed by atoms with Crippen LogP contribution in [0.25, 0.3) is 0 Å². The molecular formula is C13H22N2O. The van der Waals surface area contributed by atoms with Crippen LogP contribution < -0.4 is 10.5 Å². The number of nitrogens with two attached hydrogens (primary N) is 1. The molecule has 0 saturated heterocycles. The Balaban J connectivity index is 2.81. The lowest BCUT2D eigenvalue weighted by Crippen LogP contribution is -2.12. The highest BCUT2D eigenvalue weighted by Gasteiger charge is 2.10. The smallest absolute Gasteiger partial charge is 0.128 e. The van der Waals surface area contributed by atoms with Crippen molar-refractivity contribution in [2.75, 3.05) is 13.7 Å². The fraction of sp³-hybridized carbons (Fsp3) is 0.615. The molecule has 0 aliphatic rings. The third-order valence-corrected chi connectivity index (χ3v) is 3.03. The third-order valence-electron chi connectivity index (χ3n) is 3.03. The van der Waals surface area contributed by atoms with Gasteiger partial charge in [-0.2, -0.15) is 0 Å². The van der Waals surface area contributed by atoms with Crippen molar-refractivity contribution in [2.24, 2.45) is 11.7 Å². The lowest BCUT2D eigenvalue weighted by molar-refractivity contribution is 0.406. The number of rotatable bonds is 5. The Morgan fingerprint density at radius 1 is 1.44 bits per heavy atom. The molecule has 1 aromatic heterocycles. The van der Waals surface area contributed by atoms with Crippen LogP contribution in [-0.4, -0.2) is 18.6 Å². The quantitative estimate of drug-likeness (QED) is 0.831. The molecule has 0 aliphatic carbocycles. The first kappa shape index (κ1) is 13.0. The second kappa shape index (κ2) is 5.85. The Morgan fingerprint density at radius 3 is 2.69 bits per heavy atom. The van der Waals surface area contributed by atoms with Crippen LogP contribution in [0.2, 0.25) is 0 Å². The first-order chi connectivity index (χ1) is 7.60. The Hall–Kier alpha value is -1.09. The van der Waals surface area contributed by atoms with Gasteiger partial charge in [-0.05, 0) is 39.2 Å². The number of hydrogen-bond donors (Lipinski definition) is 1. The number of ether oxygens (including phenoxy) is 1. The molecule has 1 heterocycles. The molecule has 0 saturated carbocycles. The predicted molar refractivity (Wildman–Crippen MR) is 66.8 cm³/mol. The summed E-state index contributed by atoms with van der Waals surface area (Å²) in [4.78, 5) is 4.47.